The lowest BCUT2D eigenvalue weighted by Crippen LogP contribution is -2.11. The molecular formula is C14H15BrN2O2S. The smallest absolute Gasteiger partial charge is 0.265 e. The zero-order valence-electron chi connectivity index (χ0n) is 11.0. The Kier molecular flexibility index (Phi) is 5.17. The van der Waals surface area contributed by atoms with Crippen LogP contribution in [0.25, 0.3) is 0 Å². The molecule has 20 heavy (non-hydrogen) atoms. The van der Waals surface area contributed by atoms with Gasteiger partial charge in [-0.15, -0.1) is 11.3 Å². The van der Waals surface area contributed by atoms with E-state index in [1.54, 1.807) is 24.3 Å². The van der Waals surface area contributed by atoms with Gasteiger partial charge in [-0.05, 0) is 58.7 Å². The second-order valence-corrected chi connectivity index (χ2v) is 6.55. The molecule has 1 aromatic carbocycles. The Labute approximate surface area is 130 Å². The van der Waals surface area contributed by atoms with Crippen molar-refractivity contribution in [3.8, 4) is 5.75 Å². The third kappa shape index (κ3) is 3.82. The first-order chi connectivity index (χ1) is 9.60. The van der Waals surface area contributed by atoms with E-state index in [-0.39, 0.29) is 5.91 Å². The third-order valence-corrected chi connectivity index (χ3v) is 4.72. The number of nitrogens with one attached hydrogen (secondary N) is 1. The Morgan fingerprint density at radius 3 is 2.65 bits per heavy atom. The van der Waals surface area contributed by atoms with Crippen LogP contribution in [-0.4, -0.2) is 19.1 Å². The van der Waals surface area contributed by atoms with Crippen LogP contribution in [0.3, 0.4) is 0 Å². The molecule has 2 aromatic rings. The summed E-state index contributed by atoms with van der Waals surface area (Å²) >= 11 is 4.84. The maximum atomic E-state index is 12.1. The van der Waals surface area contributed by atoms with E-state index in [1.165, 1.54) is 11.3 Å². The van der Waals surface area contributed by atoms with E-state index in [4.69, 9.17) is 10.5 Å². The summed E-state index contributed by atoms with van der Waals surface area (Å²) in [4.78, 5) is 12.7. The van der Waals surface area contributed by atoms with Crippen molar-refractivity contribution in [1.82, 2.24) is 0 Å². The molecule has 0 aliphatic rings. The molecule has 0 radical (unpaired) electrons. The second-order valence-electron chi connectivity index (χ2n) is 4.18. The van der Waals surface area contributed by atoms with Crippen LogP contribution in [0.1, 0.15) is 15.2 Å². The number of aryl methyl sites for hydroxylation is 1. The Bertz CT molecular complexity index is 576. The molecule has 0 unspecified atom stereocenters. The number of hydrogen-bond donors (Lipinski definition) is 2. The minimum absolute atomic E-state index is 0.112. The van der Waals surface area contributed by atoms with Crippen molar-refractivity contribution in [3.63, 3.8) is 0 Å². The summed E-state index contributed by atoms with van der Waals surface area (Å²) in [6.45, 7) is 2.92. The van der Waals surface area contributed by atoms with Crippen LogP contribution in [0.15, 0.2) is 34.1 Å². The zero-order valence-corrected chi connectivity index (χ0v) is 13.4. The van der Waals surface area contributed by atoms with Crippen molar-refractivity contribution in [2.45, 2.75) is 6.92 Å². The lowest BCUT2D eigenvalue weighted by molar-refractivity contribution is 0.103. The molecule has 0 spiro atoms. The summed E-state index contributed by atoms with van der Waals surface area (Å²) in [5.74, 6) is 0.627. The van der Waals surface area contributed by atoms with Crippen LogP contribution in [0, 0.1) is 6.92 Å². The van der Waals surface area contributed by atoms with Crippen LogP contribution in [0.5, 0.6) is 5.75 Å². The zero-order chi connectivity index (χ0) is 14.5. The average molecular weight is 355 g/mol. The minimum atomic E-state index is -0.112. The molecule has 0 fully saturated rings. The number of nitrogens with two attached hydrogens (primary N) is 1. The largest absolute Gasteiger partial charge is 0.492 e. The maximum Gasteiger partial charge on any atom is 0.265 e. The molecule has 0 aliphatic heterocycles. The maximum absolute atomic E-state index is 12.1. The summed E-state index contributed by atoms with van der Waals surface area (Å²) in [5.41, 5.74) is 7.16. The van der Waals surface area contributed by atoms with Gasteiger partial charge in [0.05, 0.1) is 8.66 Å². The highest BCUT2D eigenvalue weighted by atomic mass is 79.9. The number of hydrogen-bond acceptors (Lipinski definition) is 4. The van der Waals surface area contributed by atoms with Gasteiger partial charge < -0.3 is 15.8 Å². The number of carbonyl (C=O) groups excluding carboxylic acids is 1. The summed E-state index contributed by atoms with van der Waals surface area (Å²) in [6.07, 6.45) is 0. The lowest BCUT2D eigenvalue weighted by atomic mass is 10.3. The Morgan fingerprint density at radius 2 is 2.10 bits per heavy atom. The molecule has 0 bridgehead atoms. The van der Waals surface area contributed by atoms with Gasteiger partial charge >= 0.3 is 0 Å². The number of carbonyl (C=O) groups is 1. The van der Waals surface area contributed by atoms with Gasteiger partial charge in [-0.2, -0.15) is 0 Å². The first kappa shape index (κ1) is 15.0. The molecule has 0 atom stereocenters. The van der Waals surface area contributed by atoms with E-state index in [2.05, 4.69) is 21.2 Å². The number of anilines is 1. The molecule has 3 N–H and O–H groups in total. The number of benzene rings is 1. The van der Waals surface area contributed by atoms with E-state index in [9.17, 15) is 4.79 Å². The molecule has 106 valence electrons. The molecule has 4 nitrogen and oxygen atoms in total. The summed E-state index contributed by atoms with van der Waals surface area (Å²) in [5, 5.41) is 2.85. The van der Waals surface area contributed by atoms with E-state index in [1.807, 2.05) is 13.0 Å². The third-order valence-electron chi connectivity index (χ3n) is 2.58. The lowest BCUT2D eigenvalue weighted by Gasteiger charge is -2.06. The van der Waals surface area contributed by atoms with Crippen LogP contribution in [0.2, 0.25) is 0 Å². The highest BCUT2D eigenvalue weighted by molar-refractivity contribution is 9.11. The van der Waals surface area contributed by atoms with Gasteiger partial charge in [-0.1, -0.05) is 0 Å². The quantitative estimate of drug-likeness (QED) is 0.864. The highest BCUT2D eigenvalue weighted by Gasteiger charge is 2.11. The van der Waals surface area contributed by atoms with Gasteiger partial charge in [0.2, 0.25) is 0 Å². The van der Waals surface area contributed by atoms with Crippen LogP contribution < -0.4 is 15.8 Å². The molecule has 0 aliphatic carbocycles. The van der Waals surface area contributed by atoms with E-state index < -0.39 is 0 Å². The van der Waals surface area contributed by atoms with E-state index in [0.29, 0.717) is 18.0 Å². The van der Waals surface area contributed by atoms with Gasteiger partial charge in [-0.3, -0.25) is 4.79 Å². The summed E-state index contributed by atoms with van der Waals surface area (Å²) in [6, 6.07) is 9.09. The van der Waals surface area contributed by atoms with Crippen LogP contribution in [0.4, 0.5) is 5.69 Å². The number of thiophene rings is 1. The Hall–Kier alpha value is -1.37. The predicted octanol–water partition coefficient (Wildman–Crippen LogP) is 3.41. The Morgan fingerprint density at radius 1 is 1.40 bits per heavy atom. The fraction of sp³-hybridized carbons (Fsp3) is 0.214. The topological polar surface area (TPSA) is 64.3 Å². The summed E-state index contributed by atoms with van der Waals surface area (Å²) < 4.78 is 6.36. The molecule has 6 heteroatoms. The predicted molar refractivity (Wildman–Crippen MR) is 85.7 cm³/mol. The Balaban J connectivity index is 2.00. The van der Waals surface area contributed by atoms with Gasteiger partial charge in [0.1, 0.15) is 12.4 Å². The van der Waals surface area contributed by atoms with Crippen molar-refractivity contribution in [3.05, 3.63) is 44.6 Å². The van der Waals surface area contributed by atoms with Gasteiger partial charge in [-0.25, -0.2) is 0 Å². The SMILES string of the molecule is Cc1cc(C(=O)Nc2ccc(OCCN)cc2)sc1Br. The van der Waals surface area contributed by atoms with Crippen molar-refractivity contribution >= 4 is 38.9 Å². The van der Waals surface area contributed by atoms with E-state index >= 15 is 0 Å². The molecule has 1 heterocycles. The average Bonchev–Trinajstić information content (AvgIpc) is 2.78. The monoisotopic (exact) mass is 354 g/mol. The van der Waals surface area contributed by atoms with Gasteiger partial charge in [0.15, 0.2) is 0 Å². The highest BCUT2D eigenvalue weighted by Crippen LogP contribution is 2.28. The van der Waals surface area contributed by atoms with Gasteiger partial charge in [0, 0.05) is 12.2 Å². The first-order valence-electron chi connectivity index (χ1n) is 6.10. The number of halogens is 1. The molecule has 2 rings (SSSR count). The number of rotatable bonds is 5. The number of amides is 1. The second kappa shape index (κ2) is 6.88. The molecule has 1 amide bonds. The number of ether oxygens (including phenoxy) is 1. The van der Waals surface area contributed by atoms with Crippen LogP contribution in [-0.2, 0) is 0 Å². The molecule has 0 saturated heterocycles. The molecule has 0 saturated carbocycles. The molecule has 1 aromatic heterocycles. The minimum Gasteiger partial charge on any atom is -0.492 e. The van der Waals surface area contributed by atoms with Crippen molar-refractivity contribution in [2.75, 3.05) is 18.5 Å². The normalized spacial score (nSPS) is 10.3. The van der Waals surface area contributed by atoms with Crippen LogP contribution >= 0.6 is 27.3 Å². The fourth-order valence-corrected chi connectivity index (χ4v) is 3.01. The van der Waals surface area contributed by atoms with Crippen molar-refractivity contribution < 1.29 is 9.53 Å². The van der Waals surface area contributed by atoms with E-state index in [0.717, 1.165) is 20.8 Å². The molecular weight excluding hydrogens is 340 g/mol. The first-order valence-corrected chi connectivity index (χ1v) is 7.71. The van der Waals surface area contributed by atoms with Crippen molar-refractivity contribution in [2.24, 2.45) is 5.73 Å². The fourth-order valence-electron chi connectivity index (χ4n) is 1.58. The summed E-state index contributed by atoms with van der Waals surface area (Å²) in [7, 11) is 0. The van der Waals surface area contributed by atoms with Gasteiger partial charge in [0.25, 0.3) is 5.91 Å². The van der Waals surface area contributed by atoms with Crippen molar-refractivity contribution in [1.29, 1.82) is 0 Å². The standard InChI is InChI=1S/C14H15BrN2O2S/c1-9-8-12(20-13(9)15)14(18)17-10-2-4-11(5-3-10)19-7-6-16/h2-5,8H,6-7,16H2,1H3,(H,17,18).